The first-order valence-corrected chi connectivity index (χ1v) is 6.72. The molecular weight excluding hydrogens is 260 g/mol. The monoisotopic (exact) mass is 280 g/mol. The summed E-state index contributed by atoms with van der Waals surface area (Å²) in [7, 11) is 0. The number of rotatable bonds is 4. The maximum absolute atomic E-state index is 11.2. The second kappa shape index (κ2) is 6.35. The molecular formula is C15H20O5. The average molecular weight is 280 g/mol. The summed E-state index contributed by atoms with van der Waals surface area (Å²) in [5, 5.41) is 19.5. The molecule has 1 aromatic carbocycles. The molecule has 5 heteroatoms. The molecule has 110 valence electrons. The summed E-state index contributed by atoms with van der Waals surface area (Å²) in [6.07, 6.45) is -1.97. The van der Waals surface area contributed by atoms with Crippen LogP contribution in [0.2, 0.25) is 0 Å². The Labute approximate surface area is 118 Å². The predicted molar refractivity (Wildman–Crippen MR) is 72.9 cm³/mol. The molecule has 0 amide bonds. The van der Waals surface area contributed by atoms with Crippen LogP contribution >= 0.6 is 0 Å². The van der Waals surface area contributed by atoms with Crippen molar-refractivity contribution in [2.24, 2.45) is 0 Å². The van der Waals surface area contributed by atoms with Crippen molar-refractivity contribution in [2.75, 3.05) is 6.61 Å². The molecule has 1 saturated heterocycles. The zero-order valence-corrected chi connectivity index (χ0v) is 11.7. The van der Waals surface area contributed by atoms with Crippen LogP contribution in [0.1, 0.15) is 30.6 Å². The Hall–Kier alpha value is -1.43. The molecule has 0 aromatic heterocycles. The molecule has 4 atom stereocenters. The van der Waals surface area contributed by atoms with Crippen molar-refractivity contribution in [1.29, 1.82) is 0 Å². The maximum Gasteiger partial charge on any atom is 0.159 e. The summed E-state index contributed by atoms with van der Waals surface area (Å²) in [5.41, 5.74) is 0.621. The number of ether oxygens (including phenoxy) is 2. The Morgan fingerprint density at radius 3 is 2.60 bits per heavy atom. The van der Waals surface area contributed by atoms with Gasteiger partial charge >= 0.3 is 0 Å². The van der Waals surface area contributed by atoms with Crippen molar-refractivity contribution in [3.63, 3.8) is 0 Å². The van der Waals surface area contributed by atoms with Gasteiger partial charge < -0.3 is 19.7 Å². The lowest BCUT2D eigenvalue weighted by molar-refractivity contribution is -0.172. The van der Waals surface area contributed by atoms with Gasteiger partial charge in [0, 0.05) is 12.0 Å². The van der Waals surface area contributed by atoms with Gasteiger partial charge in [0.25, 0.3) is 0 Å². The summed E-state index contributed by atoms with van der Waals surface area (Å²) < 4.78 is 11.1. The molecule has 0 saturated carbocycles. The van der Waals surface area contributed by atoms with Crippen LogP contribution in [0.25, 0.3) is 0 Å². The number of aliphatic hydroxyl groups is 2. The Bertz CT molecular complexity index is 456. The molecule has 20 heavy (non-hydrogen) atoms. The number of carbonyl (C=O) groups excluding carboxylic acids is 1. The highest BCUT2D eigenvalue weighted by Gasteiger charge is 2.35. The first-order chi connectivity index (χ1) is 9.47. The Morgan fingerprint density at radius 2 is 2.00 bits per heavy atom. The van der Waals surface area contributed by atoms with E-state index in [2.05, 4.69) is 0 Å². The van der Waals surface area contributed by atoms with Crippen molar-refractivity contribution in [2.45, 2.75) is 44.7 Å². The maximum atomic E-state index is 11.2. The average Bonchev–Trinajstić information content (AvgIpc) is 2.41. The second-order valence-electron chi connectivity index (χ2n) is 5.17. The third kappa shape index (κ3) is 3.56. The van der Waals surface area contributed by atoms with Crippen molar-refractivity contribution in [3.05, 3.63) is 29.8 Å². The van der Waals surface area contributed by atoms with Crippen LogP contribution in [0, 0.1) is 0 Å². The van der Waals surface area contributed by atoms with Gasteiger partial charge in [0.15, 0.2) is 5.78 Å². The fourth-order valence-corrected chi connectivity index (χ4v) is 2.26. The van der Waals surface area contributed by atoms with E-state index < -0.39 is 18.3 Å². The number of Topliss-reactive ketones (excluding diaryl/α,β-unsaturated/α-hetero) is 1. The molecule has 2 N–H and O–H groups in total. The highest BCUT2D eigenvalue weighted by atomic mass is 16.6. The highest BCUT2D eigenvalue weighted by Crippen LogP contribution is 2.21. The van der Waals surface area contributed by atoms with Crippen molar-refractivity contribution >= 4 is 5.78 Å². The highest BCUT2D eigenvalue weighted by molar-refractivity contribution is 5.94. The summed E-state index contributed by atoms with van der Waals surface area (Å²) in [6, 6.07) is 6.78. The zero-order chi connectivity index (χ0) is 14.7. The fourth-order valence-electron chi connectivity index (χ4n) is 2.26. The lowest BCUT2D eigenvalue weighted by Gasteiger charge is -2.35. The summed E-state index contributed by atoms with van der Waals surface area (Å²) in [5.74, 6) is 0.595. The molecule has 0 aliphatic carbocycles. The van der Waals surface area contributed by atoms with Crippen LogP contribution in [0.4, 0.5) is 0 Å². The molecule has 0 radical (unpaired) electrons. The van der Waals surface area contributed by atoms with E-state index in [9.17, 15) is 15.0 Å². The third-order valence-electron chi connectivity index (χ3n) is 3.43. The molecule has 0 bridgehead atoms. The predicted octanol–water partition coefficient (Wildman–Crippen LogP) is 1.17. The quantitative estimate of drug-likeness (QED) is 0.810. The van der Waals surface area contributed by atoms with E-state index in [1.54, 1.807) is 24.3 Å². The van der Waals surface area contributed by atoms with Crippen LogP contribution < -0.4 is 4.74 Å². The van der Waals surface area contributed by atoms with Gasteiger partial charge in [-0.3, -0.25) is 4.79 Å². The number of benzene rings is 1. The molecule has 1 fully saturated rings. The first kappa shape index (κ1) is 15.0. The normalized spacial score (nSPS) is 30.0. The topological polar surface area (TPSA) is 76.0 Å². The van der Waals surface area contributed by atoms with Crippen LogP contribution in [0.3, 0.4) is 0 Å². The Morgan fingerprint density at radius 1 is 1.35 bits per heavy atom. The Balaban J connectivity index is 1.92. The lowest BCUT2D eigenvalue weighted by atomic mass is 9.99. The van der Waals surface area contributed by atoms with E-state index in [4.69, 9.17) is 9.47 Å². The number of carbonyl (C=O) groups is 1. The second-order valence-corrected chi connectivity index (χ2v) is 5.17. The molecule has 2 rings (SSSR count). The largest absolute Gasteiger partial charge is 0.491 e. The number of ketones is 1. The molecule has 1 unspecified atom stereocenters. The van der Waals surface area contributed by atoms with E-state index in [0.717, 1.165) is 0 Å². The molecule has 0 spiro atoms. The van der Waals surface area contributed by atoms with Gasteiger partial charge in [-0.05, 0) is 38.1 Å². The van der Waals surface area contributed by atoms with Crippen LogP contribution in [-0.2, 0) is 4.74 Å². The SMILES string of the molecule is CC(=O)c1ccc(OC[C@H]2OC(C)C[C@@H](O)[C@H]2O)cc1. The summed E-state index contributed by atoms with van der Waals surface area (Å²) in [4.78, 5) is 11.2. The van der Waals surface area contributed by atoms with Gasteiger partial charge in [-0.1, -0.05) is 0 Å². The van der Waals surface area contributed by atoms with Crippen molar-refractivity contribution in [1.82, 2.24) is 0 Å². The number of hydrogen-bond acceptors (Lipinski definition) is 5. The smallest absolute Gasteiger partial charge is 0.159 e. The number of hydrogen-bond donors (Lipinski definition) is 2. The van der Waals surface area contributed by atoms with Crippen molar-refractivity contribution in [3.8, 4) is 5.75 Å². The third-order valence-corrected chi connectivity index (χ3v) is 3.43. The number of aliphatic hydroxyl groups excluding tert-OH is 2. The van der Waals surface area contributed by atoms with E-state index in [-0.39, 0.29) is 18.5 Å². The van der Waals surface area contributed by atoms with E-state index in [0.29, 0.717) is 17.7 Å². The van der Waals surface area contributed by atoms with E-state index in [1.807, 2.05) is 6.92 Å². The molecule has 1 heterocycles. The molecule has 1 aromatic rings. The van der Waals surface area contributed by atoms with Crippen molar-refractivity contribution < 1.29 is 24.5 Å². The molecule has 5 nitrogen and oxygen atoms in total. The zero-order valence-electron chi connectivity index (χ0n) is 11.7. The van der Waals surface area contributed by atoms with Gasteiger partial charge in [0.2, 0.25) is 0 Å². The minimum atomic E-state index is -0.942. The van der Waals surface area contributed by atoms with Gasteiger partial charge in [-0.2, -0.15) is 0 Å². The first-order valence-electron chi connectivity index (χ1n) is 6.72. The molecule has 1 aliphatic rings. The van der Waals surface area contributed by atoms with Gasteiger partial charge in [-0.15, -0.1) is 0 Å². The van der Waals surface area contributed by atoms with Gasteiger partial charge in [0.1, 0.15) is 24.6 Å². The summed E-state index contributed by atoms with van der Waals surface area (Å²) >= 11 is 0. The fraction of sp³-hybridized carbons (Fsp3) is 0.533. The Kier molecular flexibility index (Phi) is 4.75. The van der Waals surface area contributed by atoms with Crippen LogP contribution in [0.5, 0.6) is 5.75 Å². The van der Waals surface area contributed by atoms with Crippen LogP contribution in [0.15, 0.2) is 24.3 Å². The minimum Gasteiger partial charge on any atom is -0.491 e. The van der Waals surface area contributed by atoms with E-state index >= 15 is 0 Å². The summed E-state index contributed by atoms with van der Waals surface area (Å²) in [6.45, 7) is 3.51. The van der Waals surface area contributed by atoms with E-state index in [1.165, 1.54) is 6.92 Å². The van der Waals surface area contributed by atoms with Gasteiger partial charge in [-0.25, -0.2) is 0 Å². The van der Waals surface area contributed by atoms with Gasteiger partial charge in [0.05, 0.1) is 12.2 Å². The molecule has 1 aliphatic heterocycles. The lowest BCUT2D eigenvalue weighted by Crippen LogP contribution is -2.49. The minimum absolute atomic E-state index is 0.000432. The standard InChI is InChI=1S/C15H20O5/c1-9-7-13(17)15(18)14(20-9)8-19-12-5-3-11(4-6-12)10(2)16/h3-6,9,13-15,17-18H,7-8H2,1-2H3/t9?,13-,14-,15-/m1/s1. The van der Waals surface area contributed by atoms with Crippen LogP contribution in [-0.4, -0.2) is 47.0 Å².